The standard InChI is InChI=1S/C12H13ClO2/c1-3-4-12(15-9(2)14)10-5-7-11(13)8-6-10/h3,5-8,12H,1,4H2,2H3/t12-/m0/s1. The number of hydrogen-bond donors (Lipinski definition) is 0. The molecule has 0 aliphatic rings. The molecule has 3 heteroatoms. The van der Waals surface area contributed by atoms with Crippen LogP contribution in [0, 0.1) is 0 Å². The number of carbonyl (C=O) groups is 1. The molecule has 0 spiro atoms. The number of esters is 1. The fourth-order valence-electron chi connectivity index (χ4n) is 1.28. The number of rotatable bonds is 4. The van der Waals surface area contributed by atoms with Crippen LogP contribution in [0.25, 0.3) is 0 Å². The predicted molar refractivity (Wildman–Crippen MR) is 60.8 cm³/mol. The van der Waals surface area contributed by atoms with Crippen molar-refractivity contribution in [2.24, 2.45) is 0 Å². The molecule has 1 aromatic rings. The third-order valence-corrected chi connectivity index (χ3v) is 2.18. The van der Waals surface area contributed by atoms with Gasteiger partial charge in [-0.2, -0.15) is 0 Å². The molecule has 0 saturated carbocycles. The Kier molecular flexibility index (Phi) is 4.37. The smallest absolute Gasteiger partial charge is 0.303 e. The van der Waals surface area contributed by atoms with Crippen LogP contribution in [0.1, 0.15) is 25.0 Å². The van der Waals surface area contributed by atoms with Gasteiger partial charge < -0.3 is 4.74 Å². The fraction of sp³-hybridized carbons (Fsp3) is 0.250. The Bertz CT molecular complexity index is 343. The lowest BCUT2D eigenvalue weighted by Crippen LogP contribution is -2.07. The molecule has 2 nitrogen and oxygen atoms in total. The highest BCUT2D eigenvalue weighted by Gasteiger charge is 2.12. The van der Waals surface area contributed by atoms with E-state index in [-0.39, 0.29) is 12.1 Å². The van der Waals surface area contributed by atoms with Crippen molar-refractivity contribution in [2.45, 2.75) is 19.4 Å². The molecular weight excluding hydrogens is 212 g/mol. The fourth-order valence-corrected chi connectivity index (χ4v) is 1.41. The molecule has 0 aliphatic carbocycles. The van der Waals surface area contributed by atoms with Crippen LogP contribution < -0.4 is 0 Å². The van der Waals surface area contributed by atoms with Crippen molar-refractivity contribution in [2.75, 3.05) is 0 Å². The third-order valence-electron chi connectivity index (χ3n) is 1.93. The van der Waals surface area contributed by atoms with Gasteiger partial charge in [0, 0.05) is 18.4 Å². The van der Waals surface area contributed by atoms with Crippen molar-refractivity contribution in [3.8, 4) is 0 Å². The summed E-state index contributed by atoms with van der Waals surface area (Å²) in [7, 11) is 0. The van der Waals surface area contributed by atoms with Gasteiger partial charge in [0.2, 0.25) is 0 Å². The van der Waals surface area contributed by atoms with Gasteiger partial charge >= 0.3 is 5.97 Å². The highest BCUT2D eigenvalue weighted by Crippen LogP contribution is 2.23. The van der Waals surface area contributed by atoms with E-state index >= 15 is 0 Å². The minimum Gasteiger partial charge on any atom is -0.457 e. The maximum atomic E-state index is 10.9. The Balaban J connectivity index is 2.83. The number of benzene rings is 1. The third kappa shape index (κ3) is 3.76. The second-order valence-corrected chi connectivity index (χ2v) is 3.61. The minimum atomic E-state index is -0.295. The van der Waals surface area contributed by atoms with Crippen LogP contribution in [-0.4, -0.2) is 5.97 Å². The molecule has 1 aromatic carbocycles. The van der Waals surface area contributed by atoms with Crippen LogP contribution in [0.15, 0.2) is 36.9 Å². The minimum absolute atomic E-state index is 0.266. The summed E-state index contributed by atoms with van der Waals surface area (Å²) in [4.78, 5) is 10.9. The number of halogens is 1. The first-order valence-corrected chi connectivity index (χ1v) is 5.05. The molecule has 0 N–H and O–H groups in total. The van der Waals surface area contributed by atoms with E-state index in [4.69, 9.17) is 16.3 Å². The van der Waals surface area contributed by atoms with Gasteiger partial charge in [0.05, 0.1) is 0 Å². The second kappa shape index (κ2) is 5.56. The highest BCUT2D eigenvalue weighted by atomic mass is 35.5. The summed E-state index contributed by atoms with van der Waals surface area (Å²) >= 11 is 5.77. The van der Waals surface area contributed by atoms with Gasteiger partial charge in [0.1, 0.15) is 6.10 Å². The van der Waals surface area contributed by atoms with Gasteiger partial charge in [0.25, 0.3) is 0 Å². The Morgan fingerprint density at radius 2 is 2.13 bits per heavy atom. The van der Waals surface area contributed by atoms with E-state index < -0.39 is 0 Å². The van der Waals surface area contributed by atoms with E-state index in [9.17, 15) is 4.79 Å². The van der Waals surface area contributed by atoms with Crippen LogP contribution >= 0.6 is 11.6 Å². The molecule has 15 heavy (non-hydrogen) atoms. The van der Waals surface area contributed by atoms with Gasteiger partial charge in [-0.3, -0.25) is 4.79 Å². The molecule has 0 amide bonds. The Labute approximate surface area is 94.5 Å². The van der Waals surface area contributed by atoms with E-state index in [2.05, 4.69) is 6.58 Å². The van der Waals surface area contributed by atoms with Crippen molar-refractivity contribution >= 4 is 17.6 Å². The number of carbonyl (C=O) groups excluding carboxylic acids is 1. The van der Waals surface area contributed by atoms with E-state index in [1.54, 1.807) is 18.2 Å². The first-order chi connectivity index (χ1) is 7.13. The maximum Gasteiger partial charge on any atom is 0.303 e. The van der Waals surface area contributed by atoms with Crippen LogP contribution in [0.3, 0.4) is 0 Å². The zero-order chi connectivity index (χ0) is 11.3. The van der Waals surface area contributed by atoms with Crippen LogP contribution in [0.2, 0.25) is 5.02 Å². The molecule has 1 atom stereocenters. The molecule has 1 rings (SSSR count). The molecule has 0 heterocycles. The van der Waals surface area contributed by atoms with E-state index in [0.29, 0.717) is 11.4 Å². The summed E-state index contributed by atoms with van der Waals surface area (Å²) in [5, 5.41) is 0.666. The Hall–Kier alpha value is -1.28. The molecule has 0 fully saturated rings. The van der Waals surface area contributed by atoms with Gasteiger partial charge in [-0.1, -0.05) is 29.8 Å². The van der Waals surface area contributed by atoms with Crippen molar-refractivity contribution < 1.29 is 9.53 Å². The topological polar surface area (TPSA) is 26.3 Å². The zero-order valence-electron chi connectivity index (χ0n) is 8.57. The molecule has 0 unspecified atom stereocenters. The van der Waals surface area contributed by atoms with Crippen molar-refractivity contribution in [1.29, 1.82) is 0 Å². The molecule has 0 aliphatic heterocycles. The highest BCUT2D eigenvalue weighted by molar-refractivity contribution is 6.30. The Morgan fingerprint density at radius 3 is 2.60 bits per heavy atom. The number of hydrogen-bond acceptors (Lipinski definition) is 2. The average molecular weight is 225 g/mol. The molecule has 0 bridgehead atoms. The maximum absolute atomic E-state index is 10.9. The van der Waals surface area contributed by atoms with Crippen molar-refractivity contribution in [3.05, 3.63) is 47.5 Å². The van der Waals surface area contributed by atoms with Crippen molar-refractivity contribution in [1.82, 2.24) is 0 Å². The molecule has 0 saturated heterocycles. The van der Waals surface area contributed by atoms with Gasteiger partial charge in [-0.25, -0.2) is 0 Å². The van der Waals surface area contributed by atoms with Gasteiger partial charge in [-0.05, 0) is 17.7 Å². The van der Waals surface area contributed by atoms with E-state index in [0.717, 1.165) is 5.56 Å². The monoisotopic (exact) mass is 224 g/mol. The summed E-state index contributed by atoms with van der Waals surface area (Å²) < 4.78 is 5.16. The lowest BCUT2D eigenvalue weighted by atomic mass is 10.1. The normalized spacial score (nSPS) is 11.9. The lowest BCUT2D eigenvalue weighted by molar-refractivity contribution is -0.146. The van der Waals surface area contributed by atoms with Crippen LogP contribution in [0.5, 0.6) is 0 Å². The molecule has 80 valence electrons. The number of ether oxygens (including phenoxy) is 1. The lowest BCUT2D eigenvalue weighted by Gasteiger charge is -2.15. The summed E-state index contributed by atoms with van der Waals surface area (Å²) in [6.07, 6.45) is 2.06. The molecular formula is C12H13ClO2. The summed E-state index contributed by atoms with van der Waals surface area (Å²) in [6, 6.07) is 7.24. The first kappa shape index (κ1) is 11.8. The van der Waals surface area contributed by atoms with Gasteiger partial charge in [0.15, 0.2) is 0 Å². The molecule has 0 radical (unpaired) electrons. The Morgan fingerprint density at radius 1 is 1.53 bits per heavy atom. The summed E-state index contributed by atoms with van der Waals surface area (Å²) in [6.45, 7) is 5.03. The first-order valence-electron chi connectivity index (χ1n) is 4.67. The zero-order valence-corrected chi connectivity index (χ0v) is 9.33. The average Bonchev–Trinajstić information content (AvgIpc) is 2.17. The quantitative estimate of drug-likeness (QED) is 0.578. The van der Waals surface area contributed by atoms with Crippen LogP contribution in [0.4, 0.5) is 0 Å². The summed E-state index contributed by atoms with van der Waals surface area (Å²) in [5.74, 6) is -0.295. The largest absolute Gasteiger partial charge is 0.457 e. The van der Waals surface area contributed by atoms with Crippen LogP contribution in [-0.2, 0) is 9.53 Å². The second-order valence-electron chi connectivity index (χ2n) is 3.17. The van der Waals surface area contributed by atoms with E-state index in [1.165, 1.54) is 6.92 Å². The summed E-state index contributed by atoms with van der Waals surface area (Å²) in [5.41, 5.74) is 0.925. The molecule has 0 aromatic heterocycles. The van der Waals surface area contributed by atoms with Crippen molar-refractivity contribution in [3.63, 3.8) is 0 Å². The predicted octanol–water partition coefficient (Wildman–Crippen LogP) is 3.52. The SMILES string of the molecule is C=CC[C@H](OC(C)=O)c1ccc(Cl)cc1. The van der Waals surface area contributed by atoms with Gasteiger partial charge in [-0.15, -0.1) is 6.58 Å². The van der Waals surface area contributed by atoms with E-state index in [1.807, 2.05) is 12.1 Å².